The summed E-state index contributed by atoms with van der Waals surface area (Å²) < 4.78 is 5.59. The summed E-state index contributed by atoms with van der Waals surface area (Å²) in [5.41, 5.74) is 1.67. The molecule has 3 N–H and O–H groups in total. The number of ether oxygens (including phenoxy) is 1. The van der Waals surface area contributed by atoms with Crippen LogP contribution in [0.5, 0.6) is 0 Å². The second kappa shape index (κ2) is 6.83. The molecule has 1 aliphatic rings. The third kappa shape index (κ3) is 4.30. The third-order valence-electron chi connectivity index (χ3n) is 3.38. The van der Waals surface area contributed by atoms with Crippen LogP contribution >= 0.6 is 0 Å². The van der Waals surface area contributed by atoms with Crippen LogP contribution in [0.4, 0.5) is 5.69 Å². The maximum atomic E-state index is 11.8. The lowest BCUT2D eigenvalue weighted by atomic mass is 10.0. The quantitative estimate of drug-likeness (QED) is 0.694. The van der Waals surface area contributed by atoms with E-state index in [0.717, 1.165) is 37.2 Å². The predicted molar refractivity (Wildman–Crippen MR) is 77.7 cm³/mol. The molecule has 2 rings (SSSR count). The second-order valence-electron chi connectivity index (χ2n) is 5.42. The maximum absolute atomic E-state index is 11.8. The van der Waals surface area contributed by atoms with Gasteiger partial charge in [0.1, 0.15) is 6.61 Å². The van der Waals surface area contributed by atoms with E-state index in [1.54, 1.807) is 0 Å². The lowest BCUT2D eigenvalue weighted by molar-refractivity contribution is -0.130. The number of anilines is 1. The number of hydrogen-bond donors (Lipinski definition) is 3. The van der Waals surface area contributed by atoms with Crippen LogP contribution in [0, 0.1) is 0 Å². The largest absolute Gasteiger partial charge is 0.396 e. The molecule has 0 unspecified atom stereocenters. The summed E-state index contributed by atoms with van der Waals surface area (Å²) in [7, 11) is 0. The van der Waals surface area contributed by atoms with Crippen molar-refractivity contribution in [3.05, 3.63) is 29.8 Å². The summed E-state index contributed by atoms with van der Waals surface area (Å²) in [6, 6.07) is 7.68. The molecular formula is C15H22N2O3. The lowest BCUT2D eigenvalue weighted by Crippen LogP contribution is -2.59. The number of aryl methyl sites for hydroxylation is 1. The van der Waals surface area contributed by atoms with E-state index < -0.39 is 0 Å². The average molecular weight is 278 g/mol. The molecule has 0 saturated carbocycles. The molecule has 0 aliphatic carbocycles. The number of hydrogen-bond acceptors (Lipinski definition) is 4. The van der Waals surface area contributed by atoms with Crippen LogP contribution in [-0.4, -0.2) is 42.9 Å². The number of rotatable bonds is 7. The zero-order chi connectivity index (χ0) is 14.4. The normalized spacial score (nSPS) is 16.5. The van der Waals surface area contributed by atoms with Crippen molar-refractivity contribution in [1.82, 2.24) is 5.32 Å². The fraction of sp³-hybridized carbons (Fsp3) is 0.533. The van der Waals surface area contributed by atoms with Crippen LogP contribution in [0.3, 0.4) is 0 Å². The first-order valence-electron chi connectivity index (χ1n) is 6.96. The van der Waals surface area contributed by atoms with E-state index in [0.29, 0.717) is 0 Å². The molecule has 1 amide bonds. The van der Waals surface area contributed by atoms with Gasteiger partial charge in [0.2, 0.25) is 5.91 Å². The SMILES string of the molecule is CC1(OCC(=O)Nc2cccc(CCCO)c2)CNC1. The first kappa shape index (κ1) is 15.0. The molecule has 0 bridgehead atoms. The second-order valence-corrected chi connectivity index (χ2v) is 5.42. The minimum Gasteiger partial charge on any atom is -0.396 e. The monoisotopic (exact) mass is 278 g/mol. The van der Waals surface area contributed by atoms with Gasteiger partial charge in [-0.2, -0.15) is 0 Å². The topological polar surface area (TPSA) is 70.6 Å². The molecule has 1 aliphatic heterocycles. The van der Waals surface area contributed by atoms with Crippen molar-refractivity contribution in [2.45, 2.75) is 25.4 Å². The number of carbonyl (C=O) groups is 1. The van der Waals surface area contributed by atoms with Gasteiger partial charge in [-0.15, -0.1) is 0 Å². The molecular weight excluding hydrogens is 256 g/mol. The zero-order valence-electron chi connectivity index (χ0n) is 11.8. The Morgan fingerprint density at radius 3 is 2.95 bits per heavy atom. The molecule has 1 aromatic rings. The Morgan fingerprint density at radius 2 is 2.30 bits per heavy atom. The Balaban J connectivity index is 1.81. The highest BCUT2D eigenvalue weighted by molar-refractivity contribution is 5.91. The van der Waals surface area contributed by atoms with Gasteiger partial charge in [0.15, 0.2) is 0 Å². The van der Waals surface area contributed by atoms with Gasteiger partial charge in [0, 0.05) is 25.4 Å². The van der Waals surface area contributed by atoms with Crippen LogP contribution in [-0.2, 0) is 16.0 Å². The molecule has 1 fully saturated rings. The Morgan fingerprint density at radius 1 is 1.50 bits per heavy atom. The van der Waals surface area contributed by atoms with Crippen LogP contribution < -0.4 is 10.6 Å². The minimum atomic E-state index is -0.208. The average Bonchev–Trinajstić information content (AvgIpc) is 2.41. The van der Waals surface area contributed by atoms with Gasteiger partial charge >= 0.3 is 0 Å². The molecule has 110 valence electrons. The highest BCUT2D eigenvalue weighted by Gasteiger charge is 2.32. The molecule has 1 aromatic carbocycles. The molecule has 5 heteroatoms. The van der Waals surface area contributed by atoms with Gasteiger partial charge < -0.3 is 20.5 Å². The van der Waals surface area contributed by atoms with Crippen molar-refractivity contribution in [1.29, 1.82) is 0 Å². The molecule has 1 saturated heterocycles. The van der Waals surface area contributed by atoms with E-state index in [2.05, 4.69) is 10.6 Å². The van der Waals surface area contributed by atoms with Gasteiger partial charge in [-0.3, -0.25) is 4.79 Å². The van der Waals surface area contributed by atoms with Crippen molar-refractivity contribution in [2.24, 2.45) is 0 Å². The van der Waals surface area contributed by atoms with E-state index in [1.807, 2.05) is 31.2 Å². The van der Waals surface area contributed by atoms with Gasteiger partial charge in [0.05, 0.1) is 5.60 Å². The summed E-state index contributed by atoms with van der Waals surface area (Å²) in [6.07, 6.45) is 1.53. The van der Waals surface area contributed by atoms with Crippen molar-refractivity contribution in [2.75, 3.05) is 31.6 Å². The highest BCUT2D eigenvalue weighted by Crippen LogP contribution is 2.16. The first-order chi connectivity index (χ1) is 9.61. The van der Waals surface area contributed by atoms with Gasteiger partial charge in [0.25, 0.3) is 0 Å². The Hall–Kier alpha value is -1.43. The van der Waals surface area contributed by atoms with E-state index in [9.17, 15) is 4.79 Å². The van der Waals surface area contributed by atoms with Crippen molar-refractivity contribution in [3.8, 4) is 0 Å². The standard InChI is InChI=1S/C15H22N2O3/c1-15(10-16-11-15)20-9-14(19)17-13-6-2-4-12(8-13)5-3-7-18/h2,4,6,8,16,18H,3,5,7,9-11H2,1H3,(H,17,19). The number of aliphatic hydroxyl groups excluding tert-OH is 1. The summed E-state index contributed by atoms with van der Waals surface area (Å²) in [5.74, 6) is -0.141. The third-order valence-corrected chi connectivity index (χ3v) is 3.38. The molecule has 0 radical (unpaired) electrons. The van der Waals surface area contributed by atoms with Crippen LogP contribution in [0.15, 0.2) is 24.3 Å². The first-order valence-corrected chi connectivity index (χ1v) is 6.96. The molecule has 1 heterocycles. The van der Waals surface area contributed by atoms with Crippen molar-refractivity contribution >= 4 is 11.6 Å². The number of amides is 1. The van der Waals surface area contributed by atoms with Gasteiger partial charge in [-0.05, 0) is 37.5 Å². The van der Waals surface area contributed by atoms with Crippen molar-refractivity contribution < 1.29 is 14.6 Å². The highest BCUT2D eigenvalue weighted by atomic mass is 16.5. The molecule has 5 nitrogen and oxygen atoms in total. The summed E-state index contributed by atoms with van der Waals surface area (Å²) in [4.78, 5) is 11.8. The smallest absolute Gasteiger partial charge is 0.250 e. The summed E-state index contributed by atoms with van der Waals surface area (Å²) in [6.45, 7) is 3.82. The lowest BCUT2D eigenvalue weighted by Gasteiger charge is -2.38. The van der Waals surface area contributed by atoms with E-state index >= 15 is 0 Å². The van der Waals surface area contributed by atoms with Crippen molar-refractivity contribution in [3.63, 3.8) is 0 Å². The molecule has 0 spiro atoms. The van der Waals surface area contributed by atoms with Crippen LogP contribution in [0.25, 0.3) is 0 Å². The fourth-order valence-corrected chi connectivity index (χ4v) is 2.10. The Kier molecular flexibility index (Phi) is 5.11. The number of aliphatic hydroxyl groups is 1. The minimum absolute atomic E-state index is 0.0685. The Labute approximate surface area is 119 Å². The number of nitrogens with one attached hydrogen (secondary N) is 2. The molecule has 0 atom stereocenters. The summed E-state index contributed by atoms with van der Waals surface area (Å²) in [5, 5.41) is 14.8. The number of benzene rings is 1. The number of carbonyl (C=O) groups excluding carboxylic acids is 1. The van der Waals surface area contributed by atoms with Gasteiger partial charge in [-0.1, -0.05) is 12.1 Å². The Bertz CT molecular complexity index is 458. The van der Waals surface area contributed by atoms with Crippen LogP contribution in [0.2, 0.25) is 0 Å². The predicted octanol–water partition coefficient (Wildman–Crippen LogP) is 0.928. The fourth-order valence-electron chi connectivity index (χ4n) is 2.10. The zero-order valence-corrected chi connectivity index (χ0v) is 11.8. The van der Waals surface area contributed by atoms with E-state index in [-0.39, 0.29) is 24.7 Å². The molecule has 20 heavy (non-hydrogen) atoms. The molecule has 0 aromatic heterocycles. The maximum Gasteiger partial charge on any atom is 0.250 e. The summed E-state index contributed by atoms with van der Waals surface area (Å²) >= 11 is 0. The van der Waals surface area contributed by atoms with E-state index in [4.69, 9.17) is 9.84 Å². The van der Waals surface area contributed by atoms with Crippen LogP contribution in [0.1, 0.15) is 18.9 Å². The van der Waals surface area contributed by atoms with E-state index in [1.165, 1.54) is 0 Å². The van der Waals surface area contributed by atoms with Gasteiger partial charge in [-0.25, -0.2) is 0 Å².